The van der Waals surface area contributed by atoms with E-state index in [-0.39, 0.29) is 59.1 Å². The first-order valence-corrected chi connectivity index (χ1v) is 20.7. The molecule has 2 atom stereocenters. The molecule has 62 heavy (non-hydrogen) atoms. The molecule has 0 spiro atoms. The van der Waals surface area contributed by atoms with Gasteiger partial charge >= 0.3 is 6.18 Å². The predicted octanol–water partition coefficient (Wildman–Crippen LogP) is 7.02. The molecule has 9 rings (SSSR count). The van der Waals surface area contributed by atoms with Crippen LogP contribution in [0.2, 0.25) is 5.02 Å². The van der Waals surface area contributed by atoms with E-state index in [0.717, 1.165) is 34.9 Å². The number of nitrogens with zero attached hydrogens (tertiary/aromatic N) is 8. The summed E-state index contributed by atoms with van der Waals surface area (Å²) in [5, 5.41) is 7.07. The van der Waals surface area contributed by atoms with Crippen LogP contribution in [0.3, 0.4) is 0 Å². The molecule has 3 aliphatic heterocycles. The maximum Gasteiger partial charge on any atom is 0.416 e. The summed E-state index contributed by atoms with van der Waals surface area (Å²) in [6, 6.07) is 17.5. The Morgan fingerprint density at radius 2 is 1.79 bits per heavy atom. The molecule has 3 aromatic carbocycles. The highest BCUT2D eigenvalue weighted by Gasteiger charge is 2.45. The van der Waals surface area contributed by atoms with E-state index in [2.05, 4.69) is 15.3 Å². The van der Waals surface area contributed by atoms with Crippen LogP contribution >= 0.6 is 11.6 Å². The number of anilines is 2. The summed E-state index contributed by atoms with van der Waals surface area (Å²) in [5.74, 6) is -0.229. The van der Waals surface area contributed by atoms with Crippen molar-refractivity contribution in [2.24, 2.45) is 0 Å². The number of ether oxygens (including phenoxy) is 2. The number of carbonyl (C=O) groups excluding carboxylic acids is 2. The highest BCUT2D eigenvalue weighted by atomic mass is 35.5. The maximum absolute atomic E-state index is 14.9. The topological polar surface area (TPSA) is 149 Å². The summed E-state index contributed by atoms with van der Waals surface area (Å²) >= 11 is 6.23. The molecule has 2 amide bonds. The first kappa shape index (κ1) is 41.0. The molecule has 0 aliphatic carbocycles. The largest absolute Gasteiger partial charge is 0.485 e. The van der Waals surface area contributed by atoms with Crippen LogP contribution in [0.1, 0.15) is 70.3 Å². The van der Waals surface area contributed by atoms with E-state index in [9.17, 15) is 27.6 Å². The van der Waals surface area contributed by atoms with Gasteiger partial charge in [0.05, 0.1) is 46.9 Å². The third-order valence-electron chi connectivity index (χ3n) is 11.8. The van der Waals surface area contributed by atoms with Gasteiger partial charge in [0, 0.05) is 24.7 Å². The summed E-state index contributed by atoms with van der Waals surface area (Å²) in [7, 11) is 0. The fraction of sp³-hybridized carbons (Fsp3) is 0.341. The van der Waals surface area contributed by atoms with Crippen molar-refractivity contribution in [3.8, 4) is 17.1 Å². The Bertz CT molecular complexity index is 2780. The summed E-state index contributed by atoms with van der Waals surface area (Å²) in [6.07, 6.45) is -1.08. The van der Waals surface area contributed by atoms with Crippen molar-refractivity contribution < 1.29 is 32.2 Å². The van der Waals surface area contributed by atoms with E-state index in [1.807, 2.05) is 65.3 Å². The summed E-state index contributed by atoms with van der Waals surface area (Å²) in [6.45, 7) is 5.31. The number of piperidine rings is 1. The van der Waals surface area contributed by atoms with Crippen molar-refractivity contribution in [3.05, 3.63) is 128 Å². The Hall–Kier alpha value is -6.33. The third-order valence-corrected chi connectivity index (χ3v) is 12.1. The molecule has 320 valence electrons. The molecule has 6 heterocycles. The van der Waals surface area contributed by atoms with Crippen LogP contribution in [0.4, 0.5) is 24.5 Å². The van der Waals surface area contributed by atoms with E-state index < -0.39 is 23.2 Å². The molecule has 1 N–H and O–H groups in total. The van der Waals surface area contributed by atoms with Crippen LogP contribution in [0, 0.1) is 6.92 Å². The molecule has 0 bridgehead atoms. The number of hydrogen-bond donors (Lipinski definition) is 1. The Labute approximate surface area is 358 Å². The fourth-order valence-corrected chi connectivity index (χ4v) is 9.06. The number of fused-ring (bicyclic) bond motifs is 3. The van der Waals surface area contributed by atoms with Crippen LogP contribution in [0.5, 0.6) is 5.75 Å². The van der Waals surface area contributed by atoms with Crippen LogP contribution in [-0.2, 0) is 48.5 Å². The Balaban J connectivity index is 1.07. The fourth-order valence-electron chi connectivity index (χ4n) is 8.83. The molecule has 0 saturated carbocycles. The predicted molar refractivity (Wildman–Crippen MR) is 223 cm³/mol. The molecule has 3 aromatic heterocycles. The van der Waals surface area contributed by atoms with E-state index in [1.165, 1.54) is 10.8 Å². The minimum absolute atomic E-state index is 0.00984. The lowest BCUT2D eigenvalue weighted by molar-refractivity contribution is -0.137. The summed E-state index contributed by atoms with van der Waals surface area (Å²) in [4.78, 5) is 60.6. The number of rotatable bonds is 10. The molecule has 6 aromatic rings. The van der Waals surface area contributed by atoms with E-state index in [0.29, 0.717) is 80.4 Å². The van der Waals surface area contributed by atoms with E-state index in [1.54, 1.807) is 11.5 Å². The maximum atomic E-state index is 14.9. The van der Waals surface area contributed by atoms with Crippen LogP contribution in [0.15, 0.2) is 77.9 Å². The van der Waals surface area contributed by atoms with Crippen LogP contribution in [0.25, 0.3) is 17.2 Å². The van der Waals surface area contributed by atoms with Crippen LogP contribution in [-0.4, -0.2) is 71.0 Å². The number of alkyl halides is 3. The first-order valence-electron chi connectivity index (χ1n) is 20.3. The van der Waals surface area contributed by atoms with Gasteiger partial charge < -0.3 is 29.2 Å². The Morgan fingerprint density at radius 1 is 0.984 bits per heavy atom. The SMILES string of the molecule is CCc1c(N2CCC3C2CCCN3C(=O)c2ncnc(C)c2OCc2ccccc2)c(=O)n2nc(-c3ccc4c(c3)COC4)nc2n1CC(=O)Nc1ccc(C(F)(F)F)cc1Cl. The minimum Gasteiger partial charge on any atom is -0.485 e. The van der Waals surface area contributed by atoms with Crippen LogP contribution < -0.4 is 20.5 Å². The molecule has 2 unspecified atom stereocenters. The number of hydrogen-bond acceptors (Lipinski definition) is 10. The molecular formula is C44H41ClF3N9O5. The average molecular weight is 868 g/mol. The first-order chi connectivity index (χ1) is 29.9. The quantitative estimate of drug-likeness (QED) is 0.152. The standard InChI is InChI=1S/C44H41ClF3N9O5/c1-3-33-38(54-17-15-35-34(54)10-7-16-55(35)41(59)37-39(25(2)49-24-50-37)62-21-26-8-5-4-6-9-26)42(60)57-43(52-40(53-57)27-11-12-28-22-61-23-29(28)18-27)56(33)20-36(58)51-32-14-13-30(19-31(32)45)44(46,47)48/h4-6,8-9,11-14,18-19,24,34-35H,3,7,10,15-17,20-23H2,1-2H3,(H,51,58). The average Bonchev–Trinajstić information content (AvgIpc) is 4.03. The van der Waals surface area contributed by atoms with Crippen molar-refractivity contribution in [2.45, 2.75) is 84.2 Å². The zero-order valence-electron chi connectivity index (χ0n) is 33.8. The van der Waals surface area contributed by atoms with E-state index >= 15 is 0 Å². The van der Waals surface area contributed by atoms with Gasteiger partial charge in [-0.25, -0.2) is 9.97 Å². The number of likely N-dealkylation sites (tertiary alicyclic amines) is 1. The number of benzene rings is 3. The molecule has 14 nitrogen and oxygen atoms in total. The van der Waals surface area contributed by atoms with Gasteiger partial charge in [-0.15, -0.1) is 5.10 Å². The Kier molecular flexibility index (Phi) is 10.9. The smallest absolute Gasteiger partial charge is 0.416 e. The lowest BCUT2D eigenvalue weighted by Gasteiger charge is -2.40. The molecular weight excluding hydrogens is 827 g/mol. The normalized spacial score (nSPS) is 17.3. The zero-order chi connectivity index (χ0) is 43.3. The molecule has 2 saturated heterocycles. The molecule has 0 radical (unpaired) electrons. The van der Waals surface area contributed by atoms with Gasteiger partial charge in [0.15, 0.2) is 17.3 Å². The van der Waals surface area contributed by atoms with Gasteiger partial charge in [0.25, 0.3) is 11.5 Å². The molecule has 2 fully saturated rings. The third kappa shape index (κ3) is 7.63. The van der Waals surface area contributed by atoms with Crippen molar-refractivity contribution in [1.29, 1.82) is 0 Å². The van der Waals surface area contributed by atoms with Crippen molar-refractivity contribution >= 4 is 40.6 Å². The second kappa shape index (κ2) is 16.5. The molecule has 18 heteroatoms. The number of nitrogens with one attached hydrogen (secondary N) is 1. The highest BCUT2D eigenvalue weighted by molar-refractivity contribution is 6.33. The highest BCUT2D eigenvalue weighted by Crippen LogP contribution is 2.38. The van der Waals surface area contributed by atoms with Crippen molar-refractivity contribution in [2.75, 3.05) is 23.3 Å². The van der Waals surface area contributed by atoms with Gasteiger partial charge in [-0.2, -0.15) is 22.7 Å². The van der Waals surface area contributed by atoms with Crippen molar-refractivity contribution in [1.82, 2.24) is 34.0 Å². The minimum atomic E-state index is -4.62. The summed E-state index contributed by atoms with van der Waals surface area (Å²) in [5.41, 5.74) is 3.73. The van der Waals surface area contributed by atoms with Gasteiger partial charge in [0.1, 0.15) is 25.2 Å². The lowest BCUT2D eigenvalue weighted by Crippen LogP contribution is -2.53. The number of aromatic nitrogens is 6. The Morgan fingerprint density at radius 3 is 2.56 bits per heavy atom. The molecule has 3 aliphatic rings. The number of carbonyl (C=O) groups is 2. The second-order valence-electron chi connectivity index (χ2n) is 15.6. The van der Waals surface area contributed by atoms with Gasteiger partial charge in [-0.1, -0.05) is 61.0 Å². The van der Waals surface area contributed by atoms with Gasteiger partial charge in [-0.05, 0) is 73.6 Å². The lowest BCUT2D eigenvalue weighted by atomic mass is 9.96. The number of aryl methyl sites for hydroxylation is 1. The number of halogens is 4. The zero-order valence-corrected chi connectivity index (χ0v) is 34.5. The van der Waals surface area contributed by atoms with E-state index in [4.69, 9.17) is 31.2 Å². The van der Waals surface area contributed by atoms with Gasteiger partial charge in [-0.3, -0.25) is 14.4 Å². The number of amides is 2. The van der Waals surface area contributed by atoms with Crippen molar-refractivity contribution in [3.63, 3.8) is 0 Å². The second-order valence-corrected chi connectivity index (χ2v) is 16.0. The van der Waals surface area contributed by atoms with Gasteiger partial charge in [0.2, 0.25) is 11.7 Å². The summed E-state index contributed by atoms with van der Waals surface area (Å²) < 4.78 is 54.8. The monoisotopic (exact) mass is 867 g/mol.